The highest BCUT2D eigenvalue weighted by Crippen LogP contribution is 2.14. The zero-order chi connectivity index (χ0) is 21.3. The summed E-state index contributed by atoms with van der Waals surface area (Å²) >= 11 is 0. The Hall–Kier alpha value is -2.95. The van der Waals surface area contributed by atoms with Crippen LogP contribution in [0.15, 0.2) is 89.9 Å². The molecule has 30 heavy (non-hydrogen) atoms. The van der Waals surface area contributed by atoms with Gasteiger partial charge in [-0.05, 0) is 45.6 Å². The summed E-state index contributed by atoms with van der Waals surface area (Å²) in [6.07, 6.45) is -0.00369. The summed E-state index contributed by atoms with van der Waals surface area (Å²) in [6, 6.07) is 29.2. The van der Waals surface area contributed by atoms with Crippen molar-refractivity contribution < 1.29 is 0 Å². The summed E-state index contributed by atoms with van der Waals surface area (Å²) in [4.78, 5) is 7.34. The normalized spacial score (nSPS) is 13.0. The predicted octanol–water partition coefficient (Wildman–Crippen LogP) is 4.77. The minimum absolute atomic E-state index is 0.0632. The fourth-order valence-electron chi connectivity index (χ4n) is 3.46. The topological polar surface area (TPSA) is 39.7 Å². The molecule has 3 rings (SSSR count). The molecule has 0 aliphatic carbocycles. The van der Waals surface area contributed by atoms with Gasteiger partial charge < -0.3 is 10.2 Å². The van der Waals surface area contributed by atoms with Gasteiger partial charge in [-0.2, -0.15) is 0 Å². The number of rotatable bonds is 9. The van der Waals surface area contributed by atoms with Crippen molar-refractivity contribution in [2.24, 2.45) is 4.99 Å². The Bertz CT molecular complexity index is 894. The zero-order valence-corrected chi connectivity index (χ0v) is 18.3. The van der Waals surface area contributed by atoms with Crippen molar-refractivity contribution in [1.29, 1.82) is 0 Å². The second-order valence-corrected chi connectivity index (χ2v) is 7.89. The molecule has 0 aliphatic rings. The van der Waals surface area contributed by atoms with Gasteiger partial charge in [0.2, 0.25) is 0 Å². The van der Waals surface area contributed by atoms with Crippen molar-refractivity contribution in [2.75, 3.05) is 26.0 Å². The first-order chi connectivity index (χ1) is 14.5. The first kappa shape index (κ1) is 21.8. The van der Waals surface area contributed by atoms with Gasteiger partial charge in [0, 0.05) is 23.4 Å². The third-order valence-electron chi connectivity index (χ3n) is 4.76. The van der Waals surface area contributed by atoms with Crippen molar-refractivity contribution in [1.82, 2.24) is 10.2 Å². The SMILES string of the molecule is Cc1cccc(NC(C)N[C@@H](CN(C)C)N=C(c2ccccc2)c2ccccc2)c1. The monoisotopic (exact) mass is 400 g/mol. The lowest BCUT2D eigenvalue weighted by atomic mass is 10.0. The second-order valence-electron chi connectivity index (χ2n) is 7.89. The van der Waals surface area contributed by atoms with Crippen LogP contribution in [0, 0.1) is 6.92 Å². The molecule has 2 atom stereocenters. The lowest BCUT2D eigenvalue weighted by Gasteiger charge is -2.25. The molecule has 0 saturated carbocycles. The minimum atomic E-state index is -0.0669. The summed E-state index contributed by atoms with van der Waals surface area (Å²) in [5, 5.41) is 7.19. The molecular weight excluding hydrogens is 368 g/mol. The van der Waals surface area contributed by atoms with E-state index in [1.54, 1.807) is 0 Å². The summed E-state index contributed by atoms with van der Waals surface area (Å²) in [5.74, 6) is 0. The van der Waals surface area contributed by atoms with Gasteiger partial charge in [0.15, 0.2) is 0 Å². The molecule has 0 amide bonds. The van der Waals surface area contributed by atoms with Crippen LogP contribution >= 0.6 is 0 Å². The summed E-state index contributed by atoms with van der Waals surface area (Å²) in [6.45, 7) is 5.03. The fraction of sp³-hybridized carbons (Fsp3) is 0.269. The number of anilines is 1. The van der Waals surface area contributed by atoms with E-state index in [4.69, 9.17) is 4.99 Å². The van der Waals surface area contributed by atoms with Crippen LogP contribution in [0.25, 0.3) is 0 Å². The van der Waals surface area contributed by atoms with E-state index >= 15 is 0 Å². The van der Waals surface area contributed by atoms with Crippen LogP contribution in [0.5, 0.6) is 0 Å². The fourth-order valence-corrected chi connectivity index (χ4v) is 3.46. The predicted molar refractivity (Wildman–Crippen MR) is 128 cm³/mol. The summed E-state index contributed by atoms with van der Waals surface area (Å²) < 4.78 is 0. The number of likely N-dealkylation sites (N-methyl/N-ethyl adjacent to an activating group) is 1. The number of aliphatic imine (C=N–C) groups is 1. The average Bonchev–Trinajstić information content (AvgIpc) is 2.72. The van der Waals surface area contributed by atoms with Crippen molar-refractivity contribution in [2.45, 2.75) is 26.2 Å². The second kappa shape index (κ2) is 10.7. The smallest absolute Gasteiger partial charge is 0.115 e. The van der Waals surface area contributed by atoms with Crippen LogP contribution in [0.4, 0.5) is 5.69 Å². The first-order valence-corrected chi connectivity index (χ1v) is 10.4. The molecule has 4 heteroatoms. The molecule has 0 saturated heterocycles. The Kier molecular flexibility index (Phi) is 7.77. The zero-order valence-electron chi connectivity index (χ0n) is 18.3. The number of aryl methyl sites for hydroxylation is 1. The Balaban J connectivity index is 1.87. The highest BCUT2D eigenvalue weighted by molar-refractivity contribution is 6.12. The van der Waals surface area contributed by atoms with Gasteiger partial charge in [-0.25, -0.2) is 0 Å². The van der Waals surface area contributed by atoms with Gasteiger partial charge in [-0.15, -0.1) is 0 Å². The number of hydrogen-bond acceptors (Lipinski definition) is 4. The molecular formula is C26H32N4. The van der Waals surface area contributed by atoms with Crippen molar-refractivity contribution in [3.8, 4) is 0 Å². The third kappa shape index (κ3) is 6.55. The minimum Gasteiger partial charge on any atom is -0.370 e. The average molecular weight is 401 g/mol. The number of nitrogens with one attached hydrogen (secondary N) is 2. The third-order valence-corrected chi connectivity index (χ3v) is 4.76. The molecule has 4 nitrogen and oxygen atoms in total. The van der Waals surface area contributed by atoms with E-state index in [1.165, 1.54) is 5.56 Å². The lowest BCUT2D eigenvalue weighted by molar-refractivity contribution is 0.332. The first-order valence-electron chi connectivity index (χ1n) is 10.4. The van der Waals surface area contributed by atoms with E-state index in [0.29, 0.717) is 0 Å². The standard InChI is InChI=1S/C26H32N4/c1-20-12-11-17-24(18-20)27-21(2)28-25(19-30(3)4)29-26(22-13-7-5-8-14-22)23-15-9-6-10-16-23/h5-18,21,25,27-28H,19H2,1-4H3/t21?,25-/m1/s1. The van der Waals surface area contributed by atoms with Crippen molar-refractivity contribution in [3.05, 3.63) is 102 Å². The molecule has 0 heterocycles. The van der Waals surface area contributed by atoms with E-state index in [9.17, 15) is 0 Å². The summed E-state index contributed by atoms with van der Waals surface area (Å²) in [5.41, 5.74) is 5.58. The highest BCUT2D eigenvalue weighted by Gasteiger charge is 2.15. The van der Waals surface area contributed by atoms with E-state index in [0.717, 1.165) is 29.1 Å². The Morgan fingerprint density at radius 2 is 1.47 bits per heavy atom. The van der Waals surface area contributed by atoms with Crippen molar-refractivity contribution >= 4 is 11.4 Å². The number of benzene rings is 3. The molecule has 0 bridgehead atoms. The van der Waals surface area contributed by atoms with Crippen LogP contribution in [-0.2, 0) is 0 Å². The molecule has 0 radical (unpaired) electrons. The maximum absolute atomic E-state index is 5.18. The van der Waals surface area contributed by atoms with Crippen LogP contribution in [0.3, 0.4) is 0 Å². The van der Waals surface area contributed by atoms with Gasteiger partial charge in [0.1, 0.15) is 6.17 Å². The molecule has 0 fully saturated rings. The molecule has 156 valence electrons. The van der Waals surface area contributed by atoms with Crippen molar-refractivity contribution in [3.63, 3.8) is 0 Å². The Morgan fingerprint density at radius 3 is 2.00 bits per heavy atom. The molecule has 3 aromatic rings. The molecule has 0 aliphatic heterocycles. The maximum atomic E-state index is 5.18. The molecule has 2 N–H and O–H groups in total. The highest BCUT2D eigenvalue weighted by atomic mass is 15.2. The molecule has 0 spiro atoms. The largest absolute Gasteiger partial charge is 0.370 e. The molecule has 1 unspecified atom stereocenters. The van der Waals surface area contributed by atoms with E-state index < -0.39 is 0 Å². The maximum Gasteiger partial charge on any atom is 0.115 e. The molecule has 3 aromatic carbocycles. The summed E-state index contributed by atoms with van der Waals surface area (Å²) in [7, 11) is 4.15. The quantitative estimate of drug-likeness (QED) is 0.402. The molecule has 0 aromatic heterocycles. The van der Waals surface area contributed by atoms with Crippen LogP contribution in [0.1, 0.15) is 23.6 Å². The number of hydrogen-bond donors (Lipinski definition) is 2. The number of nitrogens with zero attached hydrogens (tertiary/aromatic N) is 2. The van der Waals surface area contributed by atoms with Gasteiger partial charge in [0.05, 0.1) is 11.9 Å². The van der Waals surface area contributed by atoms with Gasteiger partial charge >= 0.3 is 0 Å². The van der Waals surface area contributed by atoms with Gasteiger partial charge in [-0.1, -0.05) is 72.8 Å². The Morgan fingerprint density at radius 1 is 0.867 bits per heavy atom. The van der Waals surface area contributed by atoms with E-state index in [2.05, 4.69) is 116 Å². The van der Waals surface area contributed by atoms with Crippen LogP contribution in [0.2, 0.25) is 0 Å². The van der Waals surface area contributed by atoms with Gasteiger partial charge in [0.25, 0.3) is 0 Å². The Labute approximate surface area is 180 Å². The van der Waals surface area contributed by atoms with Crippen LogP contribution in [-0.4, -0.2) is 43.6 Å². The van der Waals surface area contributed by atoms with E-state index in [1.807, 2.05) is 12.1 Å². The van der Waals surface area contributed by atoms with E-state index in [-0.39, 0.29) is 12.3 Å². The van der Waals surface area contributed by atoms with Crippen LogP contribution < -0.4 is 10.6 Å². The van der Waals surface area contributed by atoms with Gasteiger partial charge in [-0.3, -0.25) is 10.3 Å². The lowest BCUT2D eigenvalue weighted by Crippen LogP contribution is -2.45.